The summed E-state index contributed by atoms with van der Waals surface area (Å²) in [6.07, 6.45) is 6.05. The van der Waals surface area contributed by atoms with Crippen LogP contribution in [0.15, 0.2) is 72.9 Å². The van der Waals surface area contributed by atoms with Crippen molar-refractivity contribution in [3.8, 4) is 22.6 Å². The van der Waals surface area contributed by atoms with E-state index in [1.807, 2.05) is 66.7 Å². The van der Waals surface area contributed by atoms with Gasteiger partial charge in [-0.25, -0.2) is 0 Å². The fourth-order valence-corrected chi connectivity index (χ4v) is 3.86. The van der Waals surface area contributed by atoms with Gasteiger partial charge in [0, 0.05) is 23.4 Å². The number of pyridine rings is 1. The number of para-hydroxylation sites is 2. The lowest BCUT2D eigenvalue weighted by Crippen LogP contribution is -2.37. The molecule has 1 aromatic heterocycles. The van der Waals surface area contributed by atoms with Crippen molar-refractivity contribution in [3.63, 3.8) is 0 Å². The summed E-state index contributed by atoms with van der Waals surface area (Å²) in [6.45, 7) is 2.28. The Labute approximate surface area is 172 Å². The smallest absolute Gasteiger partial charge is 0.270 e. The van der Waals surface area contributed by atoms with Crippen LogP contribution >= 0.6 is 0 Å². The summed E-state index contributed by atoms with van der Waals surface area (Å²) in [7, 11) is 0. The van der Waals surface area contributed by atoms with Crippen LogP contribution in [0, 0.1) is 5.92 Å². The zero-order chi connectivity index (χ0) is 20.1. The highest BCUT2D eigenvalue weighted by atomic mass is 16.5. The van der Waals surface area contributed by atoms with Gasteiger partial charge >= 0.3 is 0 Å². The molecule has 1 amide bonds. The number of hydrogen-bond acceptors (Lipinski definition) is 3. The van der Waals surface area contributed by atoms with E-state index in [-0.39, 0.29) is 11.9 Å². The molecule has 4 nitrogen and oxygen atoms in total. The van der Waals surface area contributed by atoms with E-state index in [9.17, 15) is 4.79 Å². The summed E-state index contributed by atoms with van der Waals surface area (Å²) >= 11 is 0. The number of carbonyl (C=O) groups excluding carboxylic acids is 1. The van der Waals surface area contributed by atoms with E-state index in [1.54, 1.807) is 6.20 Å². The highest BCUT2D eigenvalue weighted by Gasteiger charge is 2.23. The SMILES string of the molecule is CC1CCC(NC(=O)c2ncccc2-c2ccccc2Oc2ccccc2)CC1. The zero-order valence-electron chi connectivity index (χ0n) is 16.7. The van der Waals surface area contributed by atoms with Gasteiger partial charge in [0.1, 0.15) is 17.2 Å². The van der Waals surface area contributed by atoms with Gasteiger partial charge in [0.05, 0.1) is 0 Å². The van der Waals surface area contributed by atoms with Gasteiger partial charge in [-0.1, -0.05) is 49.4 Å². The number of benzene rings is 2. The molecular weight excluding hydrogens is 360 g/mol. The molecule has 1 N–H and O–H groups in total. The first-order valence-electron chi connectivity index (χ1n) is 10.3. The lowest BCUT2D eigenvalue weighted by atomic mass is 9.87. The number of amides is 1. The molecule has 3 aromatic rings. The molecule has 2 aromatic carbocycles. The Kier molecular flexibility index (Phi) is 5.89. The number of ether oxygens (including phenoxy) is 1. The second-order valence-electron chi connectivity index (χ2n) is 7.74. The van der Waals surface area contributed by atoms with Gasteiger partial charge < -0.3 is 10.1 Å². The van der Waals surface area contributed by atoms with Gasteiger partial charge in [-0.2, -0.15) is 0 Å². The first kappa shape index (κ1) is 19.2. The van der Waals surface area contributed by atoms with Crippen molar-refractivity contribution in [2.75, 3.05) is 0 Å². The van der Waals surface area contributed by atoms with E-state index >= 15 is 0 Å². The van der Waals surface area contributed by atoms with E-state index in [1.165, 1.54) is 0 Å². The average Bonchev–Trinajstić information content (AvgIpc) is 2.76. The van der Waals surface area contributed by atoms with Gasteiger partial charge in [0.25, 0.3) is 5.91 Å². The quantitative estimate of drug-likeness (QED) is 0.598. The van der Waals surface area contributed by atoms with Crippen molar-refractivity contribution in [2.24, 2.45) is 5.92 Å². The van der Waals surface area contributed by atoms with Crippen LogP contribution in [0.2, 0.25) is 0 Å². The van der Waals surface area contributed by atoms with Gasteiger partial charge in [0.2, 0.25) is 0 Å². The minimum absolute atomic E-state index is 0.116. The van der Waals surface area contributed by atoms with Crippen molar-refractivity contribution in [2.45, 2.75) is 38.6 Å². The van der Waals surface area contributed by atoms with Crippen molar-refractivity contribution in [1.29, 1.82) is 0 Å². The molecule has 1 aliphatic rings. The van der Waals surface area contributed by atoms with Crippen LogP contribution in [0.25, 0.3) is 11.1 Å². The van der Waals surface area contributed by atoms with Crippen molar-refractivity contribution in [3.05, 3.63) is 78.6 Å². The molecule has 0 spiro atoms. The normalized spacial score (nSPS) is 18.8. The van der Waals surface area contributed by atoms with E-state index in [2.05, 4.69) is 17.2 Å². The van der Waals surface area contributed by atoms with Gasteiger partial charge in [-0.3, -0.25) is 9.78 Å². The molecule has 1 heterocycles. The first-order chi connectivity index (χ1) is 14.2. The third-order valence-electron chi connectivity index (χ3n) is 5.52. The number of nitrogens with one attached hydrogen (secondary N) is 1. The second-order valence-corrected chi connectivity index (χ2v) is 7.74. The van der Waals surface area contributed by atoms with Crippen molar-refractivity contribution < 1.29 is 9.53 Å². The van der Waals surface area contributed by atoms with Crippen LogP contribution in [0.1, 0.15) is 43.1 Å². The zero-order valence-corrected chi connectivity index (χ0v) is 16.7. The largest absolute Gasteiger partial charge is 0.457 e. The standard InChI is InChI=1S/C25H26N2O2/c1-18-13-15-19(16-14-18)27-25(28)24-22(11-7-17-26-24)21-10-5-6-12-23(21)29-20-8-3-2-4-9-20/h2-12,17-19H,13-16H2,1H3,(H,27,28). The molecule has 0 aliphatic heterocycles. The number of aromatic nitrogens is 1. The van der Waals surface area contributed by atoms with E-state index < -0.39 is 0 Å². The number of rotatable bonds is 5. The Balaban J connectivity index is 1.61. The maximum atomic E-state index is 13.0. The molecule has 1 fully saturated rings. The van der Waals surface area contributed by atoms with Gasteiger partial charge in [-0.05, 0) is 55.9 Å². The number of carbonyl (C=O) groups is 1. The molecule has 0 radical (unpaired) electrons. The molecule has 1 saturated carbocycles. The molecule has 4 rings (SSSR count). The summed E-state index contributed by atoms with van der Waals surface area (Å²) in [5.41, 5.74) is 2.07. The van der Waals surface area contributed by atoms with Crippen molar-refractivity contribution in [1.82, 2.24) is 10.3 Å². The fourth-order valence-electron chi connectivity index (χ4n) is 3.86. The summed E-state index contributed by atoms with van der Waals surface area (Å²) < 4.78 is 6.10. The molecule has 0 unspecified atom stereocenters. The van der Waals surface area contributed by atoms with Crippen LogP contribution in [0.5, 0.6) is 11.5 Å². The Morgan fingerprint density at radius 3 is 2.38 bits per heavy atom. The highest BCUT2D eigenvalue weighted by Crippen LogP contribution is 2.34. The fraction of sp³-hybridized carbons (Fsp3) is 0.280. The second kappa shape index (κ2) is 8.91. The molecule has 29 heavy (non-hydrogen) atoms. The Morgan fingerprint density at radius 2 is 1.59 bits per heavy atom. The summed E-state index contributed by atoms with van der Waals surface area (Å²) in [6, 6.07) is 21.4. The van der Waals surface area contributed by atoms with E-state index in [0.29, 0.717) is 11.4 Å². The van der Waals surface area contributed by atoms with Crippen molar-refractivity contribution >= 4 is 5.91 Å². The predicted octanol–water partition coefficient (Wildman–Crippen LogP) is 5.85. The average molecular weight is 386 g/mol. The number of nitrogens with zero attached hydrogens (tertiary/aromatic N) is 1. The third kappa shape index (κ3) is 4.65. The molecular formula is C25H26N2O2. The highest BCUT2D eigenvalue weighted by molar-refractivity contribution is 5.99. The lowest BCUT2D eigenvalue weighted by molar-refractivity contribution is 0.0918. The van der Waals surface area contributed by atoms with E-state index in [0.717, 1.165) is 48.5 Å². The minimum atomic E-state index is -0.116. The van der Waals surface area contributed by atoms with Gasteiger partial charge in [-0.15, -0.1) is 0 Å². The van der Waals surface area contributed by atoms with Crippen LogP contribution in [-0.2, 0) is 0 Å². The lowest BCUT2D eigenvalue weighted by Gasteiger charge is -2.27. The maximum Gasteiger partial charge on any atom is 0.270 e. The molecule has 0 bridgehead atoms. The Hall–Kier alpha value is -3.14. The molecule has 0 saturated heterocycles. The molecule has 148 valence electrons. The van der Waals surface area contributed by atoms with E-state index in [4.69, 9.17) is 4.74 Å². The molecule has 4 heteroatoms. The maximum absolute atomic E-state index is 13.0. The third-order valence-corrected chi connectivity index (χ3v) is 5.52. The van der Waals surface area contributed by atoms with Crippen LogP contribution in [0.4, 0.5) is 0 Å². The van der Waals surface area contributed by atoms with Crippen LogP contribution in [-0.4, -0.2) is 16.9 Å². The number of hydrogen-bond donors (Lipinski definition) is 1. The molecule has 0 atom stereocenters. The summed E-state index contributed by atoms with van der Waals surface area (Å²) in [5, 5.41) is 3.19. The minimum Gasteiger partial charge on any atom is -0.457 e. The Bertz CT molecular complexity index is 963. The van der Waals surface area contributed by atoms with Crippen LogP contribution < -0.4 is 10.1 Å². The molecule has 1 aliphatic carbocycles. The first-order valence-corrected chi connectivity index (χ1v) is 10.3. The van der Waals surface area contributed by atoms with Gasteiger partial charge in [0.15, 0.2) is 0 Å². The topological polar surface area (TPSA) is 51.2 Å². The van der Waals surface area contributed by atoms with Crippen LogP contribution in [0.3, 0.4) is 0 Å². The summed E-state index contributed by atoms with van der Waals surface area (Å²) in [5.74, 6) is 2.09. The summed E-state index contributed by atoms with van der Waals surface area (Å²) in [4.78, 5) is 17.5. The predicted molar refractivity (Wildman–Crippen MR) is 115 cm³/mol. The Morgan fingerprint density at radius 1 is 0.897 bits per heavy atom. The monoisotopic (exact) mass is 386 g/mol.